The summed E-state index contributed by atoms with van der Waals surface area (Å²) in [5.41, 5.74) is -0.0358. The third kappa shape index (κ3) is 4.21. The van der Waals surface area contributed by atoms with Crippen molar-refractivity contribution in [3.63, 3.8) is 0 Å². The Morgan fingerprint density at radius 2 is 1.94 bits per heavy atom. The molecule has 4 nitrogen and oxygen atoms in total. The molecule has 2 fully saturated rings. The zero-order chi connectivity index (χ0) is 12.3. The second-order valence-electron chi connectivity index (χ2n) is 5.74. The molecule has 100 valence electrons. The zero-order valence-electron chi connectivity index (χ0n) is 11.3. The molecule has 1 unspecified atom stereocenters. The van der Waals surface area contributed by atoms with E-state index < -0.39 is 0 Å². The predicted molar refractivity (Wildman–Crippen MR) is 66.0 cm³/mol. The first-order chi connectivity index (χ1) is 8.05. The molecule has 1 atom stereocenters. The smallest absolute Gasteiger partial charge is 0.158 e. The van der Waals surface area contributed by atoms with E-state index in [2.05, 4.69) is 25.7 Å². The number of morpholine rings is 1. The van der Waals surface area contributed by atoms with E-state index in [-0.39, 0.29) is 11.9 Å². The van der Waals surface area contributed by atoms with Gasteiger partial charge in [0.05, 0.1) is 24.9 Å². The van der Waals surface area contributed by atoms with Crippen LogP contribution in [0.25, 0.3) is 0 Å². The van der Waals surface area contributed by atoms with E-state index in [0.29, 0.717) is 6.10 Å². The Morgan fingerprint density at radius 1 is 1.24 bits per heavy atom. The van der Waals surface area contributed by atoms with Crippen LogP contribution in [-0.4, -0.2) is 55.7 Å². The summed E-state index contributed by atoms with van der Waals surface area (Å²) >= 11 is 0. The van der Waals surface area contributed by atoms with Crippen LogP contribution in [-0.2, 0) is 14.2 Å². The number of hydrogen-bond acceptors (Lipinski definition) is 4. The van der Waals surface area contributed by atoms with E-state index in [1.54, 1.807) is 0 Å². The van der Waals surface area contributed by atoms with Gasteiger partial charge in [0.25, 0.3) is 0 Å². The molecule has 0 saturated carbocycles. The highest BCUT2D eigenvalue weighted by atomic mass is 16.7. The maximum atomic E-state index is 5.89. The van der Waals surface area contributed by atoms with Crippen molar-refractivity contribution in [2.45, 2.75) is 51.6 Å². The summed E-state index contributed by atoms with van der Waals surface area (Å²) in [5.74, 6) is 0. The van der Waals surface area contributed by atoms with Crippen LogP contribution in [0.3, 0.4) is 0 Å². The molecule has 2 aliphatic heterocycles. The van der Waals surface area contributed by atoms with Gasteiger partial charge in [0.2, 0.25) is 0 Å². The Morgan fingerprint density at radius 3 is 2.59 bits per heavy atom. The van der Waals surface area contributed by atoms with E-state index in [9.17, 15) is 0 Å². The fourth-order valence-corrected chi connectivity index (χ4v) is 2.75. The average Bonchev–Trinajstić information content (AvgIpc) is 2.25. The minimum absolute atomic E-state index is 0.00464. The molecule has 0 aromatic rings. The largest absolute Gasteiger partial charge is 0.370 e. The van der Waals surface area contributed by atoms with Crippen LogP contribution in [0.2, 0.25) is 0 Å². The van der Waals surface area contributed by atoms with Crippen molar-refractivity contribution in [1.29, 1.82) is 0 Å². The number of ether oxygens (including phenoxy) is 3. The van der Waals surface area contributed by atoms with Crippen LogP contribution in [0.5, 0.6) is 0 Å². The molecule has 2 rings (SSSR count). The highest BCUT2D eigenvalue weighted by Crippen LogP contribution is 2.21. The van der Waals surface area contributed by atoms with E-state index >= 15 is 0 Å². The molecule has 0 spiro atoms. The number of rotatable bonds is 3. The molecule has 0 radical (unpaired) electrons. The molecule has 2 saturated heterocycles. The van der Waals surface area contributed by atoms with Crippen molar-refractivity contribution in [3.8, 4) is 0 Å². The van der Waals surface area contributed by atoms with E-state index in [1.165, 1.54) is 0 Å². The van der Waals surface area contributed by atoms with Gasteiger partial charge in [-0.25, -0.2) is 0 Å². The molecule has 17 heavy (non-hydrogen) atoms. The van der Waals surface area contributed by atoms with Crippen LogP contribution < -0.4 is 0 Å². The first-order valence-corrected chi connectivity index (χ1v) is 6.68. The first-order valence-electron chi connectivity index (χ1n) is 6.68. The lowest BCUT2D eigenvalue weighted by Crippen LogP contribution is -2.52. The Labute approximate surface area is 104 Å². The van der Waals surface area contributed by atoms with Crippen LogP contribution in [0.4, 0.5) is 0 Å². The highest BCUT2D eigenvalue weighted by molar-refractivity contribution is 4.82. The van der Waals surface area contributed by atoms with Crippen molar-refractivity contribution in [3.05, 3.63) is 0 Å². The Balaban J connectivity index is 1.74. The number of hydrogen-bond donors (Lipinski definition) is 0. The molecular formula is C13H25NO3. The van der Waals surface area contributed by atoms with Gasteiger partial charge >= 0.3 is 0 Å². The van der Waals surface area contributed by atoms with E-state index in [0.717, 1.165) is 45.7 Å². The fraction of sp³-hybridized carbons (Fsp3) is 1.00. The van der Waals surface area contributed by atoms with Crippen LogP contribution in [0.1, 0.15) is 33.6 Å². The van der Waals surface area contributed by atoms with Crippen molar-refractivity contribution < 1.29 is 14.2 Å². The molecule has 0 aliphatic carbocycles. The van der Waals surface area contributed by atoms with Gasteiger partial charge in [-0.15, -0.1) is 0 Å². The maximum Gasteiger partial charge on any atom is 0.158 e. The van der Waals surface area contributed by atoms with Crippen LogP contribution >= 0.6 is 0 Å². The molecule has 0 bridgehead atoms. The standard InChI is InChI=1S/C13H25NO3/c1-11-9-14(10-13(2,3)17-11)6-5-12-15-7-4-8-16-12/h11-12H,4-10H2,1-3H3. The maximum absolute atomic E-state index is 5.89. The van der Waals surface area contributed by atoms with Crippen molar-refractivity contribution in [2.24, 2.45) is 0 Å². The van der Waals surface area contributed by atoms with Crippen LogP contribution in [0.15, 0.2) is 0 Å². The minimum atomic E-state index is -0.0358. The second-order valence-corrected chi connectivity index (χ2v) is 5.74. The van der Waals surface area contributed by atoms with Gasteiger partial charge in [0, 0.05) is 26.1 Å². The van der Waals surface area contributed by atoms with Gasteiger partial charge in [-0.3, -0.25) is 4.90 Å². The van der Waals surface area contributed by atoms with Gasteiger partial charge in [0.15, 0.2) is 6.29 Å². The first kappa shape index (κ1) is 13.3. The summed E-state index contributed by atoms with van der Waals surface area (Å²) in [4.78, 5) is 2.45. The van der Waals surface area contributed by atoms with Crippen molar-refractivity contribution in [2.75, 3.05) is 32.8 Å². The van der Waals surface area contributed by atoms with Gasteiger partial charge in [-0.2, -0.15) is 0 Å². The van der Waals surface area contributed by atoms with Gasteiger partial charge < -0.3 is 14.2 Å². The highest BCUT2D eigenvalue weighted by Gasteiger charge is 2.31. The molecule has 0 amide bonds. The SMILES string of the molecule is CC1CN(CCC2OCCCO2)CC(C)(C)O1. The molecule has 0 N–H and O–H groups in total. The van der Waals surface area contributed by atoms with Crippen molar-refractivity contribution >= 4 is 0 Å². The number of nitrogens with zero attached hydrogens (tertiary/aromatic N) is 1. The monoisotopic (exact) mass is 243 g/mol. The summed E-state index contributed by atoms with van der Waals surface area (Å²) in [5, 5.41) is 0. The predicted octanol–water partition coefficient (Wildman–Crippen LogP) is 1.64. The summed E-state index contributed by atoms with van der Waals surface area (Å²) in [6.45, 7) is 11.2. The normalized spacial score (nSPS) is 31.6. The molecular weight excluding hydrogens is 218 g/mol. The Bertz CT molecular complexity index is 239. The fourth-order valence-electron chi connectivity index (χ4n) is 2.75. The van der Waals surface area contributed by atoms with E-state index in [1.807, 2.05) is 0 Å². The summed E-state index contributed by atoms with van der Waals surface area (Å²) in [6, 6.07) is 0. The molecule has 0 aromatic heterocycles. The molecule has 0 aromatic carbocycles. The topological polar surface area (TPSA) is 30.9 Å². The van der Waals surface area contributed by atoms with E-state index in [4.69, 9.17) is 14.2 Å². The lowest BCUT2D eigenvalue weighted by atomic mass is 10.1. The lowest BCUT2D eigenvalue weighted by Gasteiger charge is -2.42. The third-order valence-corrected chi connectivity index (χ3v) is 3.22. The molecule has 2 aliphatic rings. The molecule has 2 heterocycles. The summed E-state index contributed by atoms with van der Waals surface area (Å²) in [6.07, 6.45) is 2.30. The average molecular weight is 243 g/mol. The zero-order valence-corrected chi connectivity index (χ0v) is 11.3. The van der Waals surface area contributed by atoms with Crippen LogP contribution in [0, 0.1) is 0 Å². The second kappa shape index (κ2) is 5.65. The minimum Gasteiger partial charge on any atom is -0.370 e. The van der Waals surface area contributed by atoms with Crippen molar-refractivity contribution in [1.82, 2.24) is 4.90 Å². The summed E-state index contributed by atoms with van der Waals surface area (Å²) in [7, 11) is 0. The Hall–Kier alpha value is -0.160. The van der Waals surface area contributed by atoms with Gasteiger partial charge in [-0.05, 0) is 27.2 Å². The Kier molecular flexibility index (Phi) is 4.42. The summed E-state index contributed by atoms with van der Waals surface area (Å²) < 4.78 is 17.0. The quantitative estimate of drug-likeness (QED) is 0.754. The van der Waals surface area contributed by atoms with Gasteiger partial charge in [0.1, 0.15) is 0 Å². The van der Waals surface area contributed by atoms with Gasteiger partial charge in [-0.1, -0.05) is 0 Å². The third-order valence-electron chi connectivity index (χ3n) is 3.22. The lowest BCUT2D eigenvalue weighted by molar-refractivity contribution is -0.187. The molecule has 4 heteroatoms.